The second kappa shape index (κ2) is 15.7. The van der Waals surface area contributed by atoms with Gasteiger partial charge in [0.2, 0.25) is 0 Å². The predicted molar refractivity (Wildman–Crippen MR) is 287 cm³/mol. The van der Waals surface area contributed by atoms with Crippen molar-refractivity contribution in [3.8, 4) is 62.1 Å². The molecule has 69 heavy (non-hydrogen) atoms. The second-order valence-corrected chi connectivity index (χ2v) is 17.7. The van der Waals surface area contributed by atoms with E-state index < -0.39 is 0 Å². The predicted octanol–water partition coefficient (Wildman–Crippen LogP) is 16.4. The third kappa shape index (κ3) is 6.18. The average molecular weight is 880 g/mol. The standard InChI is InChI=1S/C64H41N5/c1-3-19-43(20-4-1)53-41-54(66-64(65-53)45-21-5-2-6-22-45)44-37-35-42(36-38-44)46-39-61(67-55-29-13-7-23-47(55)48-24-8-14-30-56(48)67)63(69-59-33-17-11-27-51(59)52-28-12-18-34-60(52)69)62(40-46)68-57-31-15-9-25-49(57)50-26-10-16-32-58(50)68/h1-41H. The Labute approximate surface area is 398 Å². The lowest BCUT2D eigenvalue weighted by Crippen LogP contribution is -2.10. The Hall–Kier alpha value is -9.32. The SMILES string of the molecule is c1ccc(-c2cc(-c3ccc(-c4cc(-n5c6ccccc6c6ccccc65)c(-n5c6ccccc6c6ccccc65)c(-n5c6ccccc6c6ccccc65)c4)cc3)nc(-c3ccccc3)n2)cc1. The lowest BCUT2D eigenvalue weighted by molar-refractivity contribution is 1.05. The molecule has 0 bridgehead atoms. The summed E-state index contributed by atoms with van der Waals surface area (Å²) >= 11 is 0. The number of hydrogen-bond acceptors (Lipinski definition) is 2. The molecule has 5 heteroatoms. The van der Waals surface area contributed by atoms with Crippen LogP contribution in [0.3, 0.4) is 0 Å². The van der Waals surface area contributed by atoms with Crippen molar-refractivity contribution in [2.45, 2.75) is 0 Å². The van der Waals surface area contributed by atoms with Gasteiger partial charge in [-0.25, -0.2) is 9.97 Å². The third-order valence-corrected chi connectivity index (χ3v) is 13.9. The molecule has 0 N–H and O–H groups in total. The van der Waals surface area contributed by atoms with E-state index in [1.807, 2.05) is 24.3 Å². The van der Waals surface area contributed by atoms with Crippen LogP contribution in [0.1, 0.15) is 0 Å². The average Bonchev–Trinajstić information content (AvgIpc) is 4.07. The number of rotatable bonds is 7. The molecule has 0 saturated carbocycles. The molecule has 5 nitrogen and oxygen atoms in total. The van der Waals surface area contributed by atoms with E-state index >= 15 is 0 Å². The summed E-state index contributed by atoms with van der Waals surface area (Å²) in [6, 6.07) is 89.5. The van der Waals surface area contributed by atoms with Crippen molar-refractivity contribution in [3.05, 3.63) is 249 Å². The Kier molecular flexibility index (Phi) is 8.83. The highest BCUT2D eigenvalue weighted by Gasteiger charge is 2.26. The van der Waals surface area contributed by atoms with Gasteiger partial charge in [-0.3, -0.25) is 0 Å². The molecule has 10 aromatic carbocycles. The lowest BCUT2D eigenvalue weighted by Gasteiger charge is -2.24. The van der Waals surface area contributed by atoms with E-state index in [0.717, 1.165) is 89.4 Å². The van der Waals surface area contributed by atoms with Crippen molar-refractivity contribution >= 4 is 65.4 Å². The second-order valence-electron chi connectivity index (χ2n) is 17.7. The minimum Gasteiger partial charge on any atom is -0.307 e. The summed E-state index contributed by atoms with van der Waals surface area (Å²) in [6.45, 7) is 0. The molecular weight excluding hydrogens is 839 g/mol. The molecule has 0 amide bonds. The lowest BCUT2D eigenvalue weighted by atomic mass is 9.99. The first-order valence-corrected chi connectivity index (χ1v) is 23.5. The molecule has 0 spiro atoms. The molecule has 4 aromatic heterocycles. The van der Waals surface area contributed by atoms with Crippen molar-refractivity contribution in [2.24, 2.45) is 0 Å². The van der Waals surface area contributed by atoms with Crippen molar-refractivity contribution < 1.29 is 0 Å². The minimum atomic E-state index is 0.698. The Morgan fingerprint density at radius 3 is 0.928 bits per heavy atom. The zero-order valence-corrected chi connectivity index (χ0v) is 37.4. The van der Waals surface area contributed by atoms with Gasteiger partial charge in [0, 0.05) is 49.0 Å². The molecular formula is C64H41N5. The minimum absolute atomic E-state index is 0.698. The molecule has 0 atom stereocenters. The highest BCUT2D eigenvalue weighted by atomic mass is 15.1. The fourth-order valence-corrected chi connectivity index (χ4v) is 10.8. The first-order valence-electron chi connectivity index (χ1n) is 23.5. The van der Waals surface area contributed by atoms with E-state index in [1.165, 1.54) is 32.3 Å². The van der Waals surface area contributed by atoms with Crippen molar-refractivity contribution in [1.29, 1.82) is 0 Å². The van der Waals surface area contributed by atoms with Crippen molar-refractivity contribution in [1.82, 2.24) is 23.7 Å². The summed E-state index contributed by atoms with van der Waals surface area (Å²) in [5.74, 6) is 0.698. The smallest absolute Gasteiger partial charge is 0.160 e. The number of hydrogen-bond donors (Lipinski definition) is 0. The Bertz CT molecular complexity index is 3940. The number of benzene rings is 10. The molecule has 0 radical (unpaired) electrons. The van der Waals surface area contributed by atoms with Gasteiger partial charge in [0.25, 0.3) is 0 Å². The van der Waals surface area contributed by atoms with Gasteiger partial charge in [0.1, 0.15) is 0 Å². The van der Waals surface area contributed by atoms with Crippen LogP contribution in [0.4, 0.5) is 0 Å². The van der Waals surface area contributed by atoms with E-state index in [-0.39, 0.29) is 0 Å². The Morgan fingerprint density at radius 1 is 0.232 bits per heavy atom. The summed E-state index contributed by atoms with van der Waals surface area (Å²) in [6.07, 6.45) is 0. The van der Waals surface area contributed by atoms with Gasteiger partial charge in [-0.05, 0) is 65.7 Å². The van der Waals surface area contributed by atoms with Gasteiger partial charge in [0.05, 0.1) is 61.6 Å². The molecule has 0 aliphatic rings. The summed E-state index contributed by atoms with van der Waals surface area (Å²) in [5, 5.41) is 7.27. The molecule has 0 saturated heterocycles. The fraction of sp³-hybridized carbons (Fsp3) is 0. The zero-order chi connectivity index (χ0) is 45.4. The molecule has 14 aromatic rings. The maximum Gasteiger partial charge on any atom is 0.160 e. The summed E-state index contributed by atoms with van der Waals surface area (Å²) in [5.41, 5.74) is 17.1. The van der Waals surface area contributed by atoms with E-state index in [1.54, 1.807) is 0 Å². The van der Waals surface area contributed by atoms with E-state index in [9.17, 15) is 0 Å². The Balaban J connectivity index is 1.09. The van der Waals surface area contributed by atoms with Gasteiger partial charge in [0.15, 0.2) is 5.82 Å². The highest BCUT2D eigenvalue weighted by Crippen LogP contribution is 2.45. The van der Waals surface area contributed by atoms with Crippen molar-refractivity contribution in [3.63, 3.8) is 0 Å². The zero-order valence-electron chi connectivity index (χ0n) is 37.4. The number of aromatic nitrogens is 5. The molecule has 14 rings (SSSR count). The van der Waals surface area contributed by atoms with Crippen LogP contribution in [0.5, 0.6) is 0 Å². The number of fused-ring (bicyclic) bond motifs is 9. The maximum absolute atomic E-state index is 5.18. The van der Waals surface area contributed by atoms with Crippen LogP contribution in [0.15, 0.2) is 249 Å². The summed E-state index contributed by atoms with van der Waals surface area (Å²) in [4.78, 5) is 10.3. The topological polar surface area (TPSA) is 40.6 Å². The molecule has 4 heterocycles. The van der Waals surface area contributed by atoms with Gasteiger partial charge < -0.3 is 13.7 Å². The van der Waals surface area contributed by atoms with Crippen LogP contribution in [0, 0.1) is 0 Å². The van der Waals surface area contributed by atoms with Crippen LogP contribution in [-0.4, -0.2) is 23.7 Å². The van der Waals surface area contributed by atoms with Crippen LogP contribution in [0.25, 0.3) is 128 Å². The third-order valence-electron chi connectivity index (χ3n) is 13.9. The van der Waals surface area contributed by atoms with Gasteiger partial charge in [-0.2, -0.15) is 0 Å². The molecule has 0 aliphatic heterocycles. The molecule has 0 fully saturated rings. The molecule has 0 unspecified atom stereocenters. The highest BCUT2D eigenvalue weighted by molar-refractivity contribution is 6.14. The van der Waals surface area contributed by atoms with Gasteiger partial charge in [-0.15, -0.1) is 0 Å². The van der Waals surface area contributed by atoms with E-state index in [0.29, 0.717) is 5.82 Å². The first-order chi connectivity index (χ1) is 34.2. The first kappa shape index (κ1) is 38.9. The monoisotopic (exact) mass is 879 g/mol. The van der Waals surface area contributed by atoms with Crippen molar-refractivity contribution in [2.75, 3.05) is 0 Å². The van der Waals surface area contributed by atoms with Gasteiger partial charge >= 0.3 is 0 Å². The quantitative estimate of drug-likeness (QED) is 0.160. The summed E-state index contributed by atoms with van der Waals surface area (Å²) in [7, 11) is 0. The Morgan fingerprint density at radius 2 is 0.536 bits per heavy atom. The normalized spacial score (nSPS) is 11.8. The largest absolute Gasteiger partial charge is 0.307 e. The molecule has 322 valence electrons. The maximum atomic E-state index is 5.18. The number of nitrogens with zero attached hydrogens (tertiary/aromatic N) is 5. The molecule has 0 aliphatic carbocycles. The van der Waals surface area contributed by atoms with E-state index in [4.69, 9.17) is 9.97 Å². The van der Waals surface area contributed by atoms with E-state index in [2.05, 4.69) is 238 Å². The van der Waals surface area contributed by atoms with Crippen LogP contribution in [0.2, 0.25) is 0 Å². The van der Waals surface area contributed by atoms with Crippen LogP contribution in [-0.2, 0) is 0 Å². The number of para-hydroxylation sites is 6. The van der Waals surface area contributed by atoms with Crippen LogP contribution >= 0.6 is 0 Å². The summed E-state index contributed by atoms with van der Waals surface area (Å²) < 4.78 is 7.50. The van der Waals surface area contributed by atoms with Crippen LogP contribution < -0.4 is 0 Å². The van der Waals surface area contributed by atoms with Gasteiger partial charge in [-0.1, -0.05) is 194 Å². The fourth-order valence-electron chi connectivity index (χ4n) is 10.8.